The zero-order valence-corrected chi connectivity index (χ0v) is 23.0. The van der Waals surface area contributed by atoms with E-state index in [1.165, 1.54) is 48.9 Å². The predicted molar refractivity (Wildman–Crippen MR) is 146 cm³/mol. The lowest BCUT2D eigenvalue weighted by Gasteiger charge is -2.43. The van der Waals surface area contributed by atoms with Crippen molar-refractivity contribution in [3.8, 4) is 0 Å². The molecule has 0 saturated carbocycles. The van der Waals surface area contributed by atoms with Crippen molar-refractivity contribution in [2.75, 3.05) is 13.2 Å². The second-order valence-corrected chi connectivity index (χ2v) is 14.6. The number of hydrogen-bond acceptors (Lipinski definition) is 3. The van der Waals surface area contributed by atoms with Gasteiger partial charge in [-0.1, -0.05) is 126 Å². The SMILES string of the molecule is CCOC(=O)CCCCCCCCCCCO[Si](c1ccccc1)(c1ccccc1)C(C)(C)C. The highest BCUT2D eigenvalue weighted by Crippen LogP contribution is 2.36. The normalized spacial score (nSPS) is 12.0. The molecule has 0 fully saturated rings. The maximum Gasteiger partial charge on any atom is 0.305 e. The molecule has 0 amide bonds. The third-order valence-electron chi connectivity index (χ3n) is 6.57. The Morgan fingerprint density at radius 3 is 1.59 bits per heavy atom. The molecule has 0 aliphatic heterocycles. The molecule has 0 heterocycles. The van der Waals surface area contributed by atoms with Crippen LogP contribution in [0.5, 0.6) is 0 Å². The number of ether oxygens (including phenoxy) is 1. The zero-order valence-electron chi connectivity index (χ0n) is 22.0. The van der Waals surface area contributed by atoms with E-state index in [-0.39, 0.29) is 11.0 Å². The van der Waals surface area contributed by atoms with Crippen LogP contribution in [0.15, 0.2) is 60.7 Å². The number of unbranched alkanes of at least 4 members (excludes halogenated alkanes) is 8. The van der Waals surface area contributed by atoms with Gasteiger partial charge in [-0.3, -0.25) is 4.79 Å². The molecule has 34 heavy (non-hydrogen) atoms. The number of rotatable bonds is 16. The highest BCUT2D eigenvalue weighted by molar-refractivity contribution is 6.99. The fourth-order valence-corrected chi connectivity index (χ4v) is 9.43. The Bertz CT molecular complexity index is 759. The molecule has 0 bridgehead atoms. The van der Waals surface area contributed by atoms with Gasteiger partial charge in [0.15, 0.2) is 0 Å². The van der Waals surface area contributed by atoms with Gasteiger partial charge in [-0.25, -0.2) is 0 Å². The van der Waals surface area contributed by atoms with Gasteiger partial charge in [-0.05, 0) is 35.2 Å². The average molecular weight is 483 g/mol. The minimum absolute atomic E-state index is 0.0446. The summed E-state index contributed by atoms with van der Waals surface area (Å²) in [5, 5.41) is 2.76. The maximum absolute atomic E-state index is 11.4. The maximum atomic E-state index is 11.4. The average Bonchev–Trinajstić information content (AvgIpc) is 2.83. The van der Waals surface area contributed by atoms with E-state index >= 15 is 0 Å². The number of carbonyl (C=O) groups excluding carboxylic acids is 1. The summed E-state index contributed by atoms with van der Waals surface area (Å²) in [4.78, 5) is 11.4. The van der Waals surface area contributed by atoms with Crippen molar-refractivity contribution in [1.82, 2.24) is 0 Å². The van der Waals surface area contributed by atoms with Gasteiger partial charge in [-0.2, -0.15) is 0 Å². The number of esters is 1. The van der Waals surface area contributed by atoms with E-state index in [9.17, 15) is 4.79 Å². The van der Waals surface area contributed by atoms with Crippen molar-refractivity contribution in [2.24, 2.45) is 0 Å². The van der Waals surface area contributed by atoms with E-state index in [1.807, 2.05) is 6.92 Å². The largest absolute Gasteiger partial charge is 0.466 e. The van der Waals surface area contributed by atoms with Crippen LogP contribution in [0.2, 0.25) is 5.04 Å². The van der Waals surface area contributed by atoms with E-state index in [4.69, 9.17) is 9.16 Å². The van der Waals surface area contributed by atoms with Crippen LogP contribution in [0.3, 0.4) is 0 Å². The molecular weight excluding hydrogens is 436 g/mol. The van der Waals surface area contributed by atoms with Crippen molar-refractivity contribution >= 4 is 24.7 Å². The number of hydrogen-bond donors (Lipinski definition) is 0. The summed E-state index contributed by atoms with van der Waals surface area (Å²) in [6.07, 6.45) is 11.3. The molecule has 2 aromatic carbocycles. The van der Waals surface area contributed by atoms with Gasteiger partial charge >= 0.3 is 5.97 Å². The predicted octanol–water partition coefficient (Wildman–Crippen LogP) is 7.03. The highest BCUT2D eigenvalue weighted by Gasteiger charge is 2.49. The van der Waals surface area contributed by atoms with Crippen LogP contribution in [0, 0.1) is 0 Å². The number of carbonyl (C=O) groups is 1. The van der Waals surface area contributed by atoms with Gasteiger partial charge in [-0.15, -0.1) is 0 Å². The highest BCUT2D eigenvalue weighted by atomic mass is 28.4. The standard InChI is InChI=1S/C30H46O3Si/c1-5-32-29(31)25-19-11-9-7-6-8-10-12-20-26-33-34(30(2,3)4,27-21-15-13-16-22-27)28-23-17-14-18-24-28/h13-18,21-24H,5-12,19-20,25-26H2,1-4H3. The first kappa shape index (κ1) is 28.3. The summed E-state index contributed by atoms with van der Waals surface area (Å²) in [6, 6.07) is 21.8. The Kier molecular flexibility index (Phi) is 12.6. The second kappa shape index (κ2) is 15.2. The summed E-state index contributed by atoms with van der Waals surface area (Å²) >= 11 is 0. The fourth-order valence-electron chi connectivity index (χ4n) is 4.83. The third-order valence-corrected chi connectivity index (χ3v) is 11.6. The molecule has 0 unspecified atom stereocenters. The molecular formula is C30H46O3Si. The lowest BCUT2D eigenvalue weighted by molar-refractivity contribution is -0.143. The lowest BCUT2D eigenvalue weighted by Crippen LogP contribution is -2.66. The summed E-state index contributed by atoms with van der Waals surface area (Å²) in [6.45, 7) is 10.2. The topological polar surface area (TPSA) is 35.5 Å². The molecule has 188 valence electrons. The molecule has 4 heteroatoms. The molecule has 0 aliphatic rings. The van der Waals surface area contributed by atoms with Crippen LogP contribution in [0.25, 0.3) is 0 Å². The molecule has 0 aliphatic carbocycles. The van der Waals surface area contributed by atoms with Crippen molar-refractivity contribution in [3.63, 3.8) is 0 Å². The quantitative estimate of drug-likeness (QED) is 0.146. The molecule has 0 saturated heterocycles. The van der Waals surface area contributed by atoms with Crippen molar-refractivity contribution in [1.29, 1.82) is 0 Å². The molecule has 0 N–H and O–H groups in total. The second-order valence-electron chi connectivity index (χ2n) is 10.2. The first-order valence-corrected chi connectivity index (χ1v) is 15.2. The monoisotopic (exact) mass is 482 g/mol. The summed E-state index contributed by atoms with van der Waals surface area (Å²) in [7, 11) is -2.39. The minimum Gasteiger partial charge on any atom is -0.466 e. The minimum atomic E-state index is -2.39. The van der Waals surface area contributed by atoms with Gasteiger partial charge in [0.25, 0.3) is 8.32 Å². The van der Waals surface area contributed by atoms with Crippen LogP contribution in [0.4, 0.5) is 0 Å². The Morgan fingerprint density at radius 1 is 0.706 bits per heavy atom. The molecule has 2 rings (SSSR count). The third kappa shape index (κ3) is 8.70. The van der Waals surface area contributed by atoms with Gasteiger partial charge in [0.05, 0.1) is 6.61 Å². The van der Waals surface area contributed by atoms with Gasteiger partial charge in [0.2, 0.25) is 0 Å². The van der Waals surface area contributed by atoms with Crippen LogP contribution in [0.1, 0.15) is 91.9 Å². The Hall–Kier alpha value is -1.91. The van der Waals surface area contributed by atoms with Gasteiger partial charge < -0.3 is 9.16 Å². The van der Waals surface area contributed by atoms with Crippen LogP contribution in [-0.4, -0.2) is 27.5 Å². The first-order valence-electron chi connectivity index (χ1n) is 13.3. The van der Waals surface area contributed by atoms with Crippen molar-refractivity contribution in [3.05, 3.63) is 60.7 Å². The van der Waals surface area contributed by atoms with Gasteiger partial charge in [0.1, 0.15) is 0 Å². The smallest absolute Gasteiger partial charge is 0.305 e. The Labute approximate surface area is 209 Å². The molecule has 0 spiro atoms. The van der Waals surface area contributed by atoms with E-state index in [0.29, 0.717) is 13.0 Å². The number of benzene rings is 2. The van der Waals surface area contributed by atoms with E-state index in [2.05, 4.69) is 81.4 Å². The van der Waals surface area contributed by atoms with E-state index in [1.54, 1.807) is 0 Å². The van der Waals surface area contributed by atoms with E-state index in [0.717, 1.165) is 25.9 Å². The molecule has 0 aromatic heterocycles. The summed E-state index contributed by atoms with van der Waals surface area (Å²) < 4.78 is 12.0. The summed E-state index contributed by atoms with van der Waals surface area (Å²) in [5.74, 6) is -0.0530. The lowest BCUT2D eigenvalue weighted by atomic mass is 10.1. The molecule has 3 nitrogen and oxygen atoms in total. The molecule has 0 radical (unpaired) electrons. The fraction of sp³-hybridized carbons (Fsp3) is 0.567. The van der Waals surface area contributed by atoms with Crippen molar-refractivity contribution < 1.29 is 14.0 Å². The van der Waals surface area contributed by atoms with Crippen LogP contribution in [-0.2, 0) is 14.0 Å². The van der Waals surface area contributed by atoms with Crippen LogP contribution < -0.4 is 10.4 Å². The van der Waals surface area contributed by atoms with Crippen molar-refractivity contribution in [2.45, 2.75) is 96.9 Å². The van der Waals surface area contributed by atoms with Gasteiger partial charge in [0, 0.05) is 13.0 Å². The Balaban J connectivity index is 1.76. The molecule has 2 aromatic rings. The first-order chi connectivity index (χ1) is 16.4. The summed E-state index contributed by atoms with van der Waals surface area (Å²) in [5.41, 5.74) is 0. The van der Waals surface area contributed by atoms with E-state index < -0.39 is 8.32 Å². The van der Waals surface area contributed by atoms with Crippen LogP contribution >= 0.6 is 0 Å². The Morgan fingerprint density at radius 2 is 1.15 bits per heavy atom. The molecule has 0 atom stereocenters. The zero-order chi connectivity index (χ0) is 24.7.